The normalized spacial score (nSPS) is 11.1. The van der Waals surface area contributed by atoms with E-state index in [2.05, 4.69) is 5.32 Å². The van der Waals surface area contributed by atoms with E-state index in [0.29, 0.717) is 22.1 Å². The van der Waals surface area contributed by atoms with E-state index in [1.54, 1.807) is 18.2 Å². The number of nitrogens with one attached hydrogen (secondary N) is 1. The van der Waals surface area contributed by atoms with Gasteiger partial charge < -0.3 is 14.8 Å². The fourth-order valence-corrected chi connectivity index (χ4v) is 2.78. The zero-order chi connectivity index (χ0) is 18.4. The molecule has 1 N–H and O–H groups in total. The first kappa shape index (κ1) is 19.0. The van der Waals surface area contributed by atoms with Crippen LogP contribution >= 0.6 is 11.8 Å². The summed E-state index contributed by atoms with van der Waals surface area (Å²) in [7, 11) is 2.98. The molecule has 0 radical (unpaired) electrons. The molecule has 0 saturated heterocycles. The number of anilines is 1. The second-order valence-electron chi connectivity index (χ2n) is 4.93. The van der Waals surface area contributed by atoms with Crippen LogP contribution in [-0.2, 0) is 11.0 Å². The number of hydrogen-bond donors (Lipinski definition) is 1. The first-order valence-corrected chi connectivity index (χ1v) is 8.14. The quantitative estimate of drug-likeness (QED) is 0.762. The van der Waals surface area contributed by atoms with Gasteiger partial charge in [0.15, 0.2) is 11.5 Å². The molecule has 0 spiro atoms. The van der Waals surface area contributed by atoms with Crippen LogP contribution in [0.3, 0.4) is 0 Å². The predicted molar refractivity (Wildman–Crippen MR) is 90.3 cm³/mol. The Labute approximate surface area is 147 Å². The molecule has 0 aliphatic rings. The van der Waals surface area contributed by atoms with Crippen LogP contribution in [0.2, 0.25) is 0 Å². The van der Waals surface area contributed by atoms with Crippen molar-refractivity contribution in [2.24, 2.45) is 0 Å². The monoisotopic (exact) mass is 371 g/mol. The third-order valence-corrected chi connectivity index (χ3v) is 4.19. The third kappa shape index (κ3) is 5.32. The lowest BCUT2D eigenvalue weighted by molar-refractivity contribution is -0.137. The first-order chi connectivity index (χ1) is 11.8. The third-order valence-electron chi connectivity index (χ3n) is 3.20. The van der Waals surface area contributed by atoms with Crippen molar-refractivity contribution in [2.75, 3.05) is 25.3 Å². The highest BCUT2D eigenvalue weighted by Crippen LogP contribution is 2.32. The van der Waals surface area contributed by atoms with Gasteiger partial charge in [-0.05, 0) is 30.3 Å². The molecule has 0 bridgehead atoms. The number of carbonyl (C=O) groups excluding carboxylic acids is 1. The van der Waals surface area contributed by atoms with Crippen molar-refractivity contribution in [1.29, 1.82) is 0 Å². The molecule has 0 aliphatic carbocycles. The Kier molecular flexibility index (Phi) is 6.19. The van der Waals surface area contributed by atoms with Gasteiger partial charge >= 0.3 is 6.18 Å². The van der Waals surface area contributed by atoms with Gasteiger partial charge in [0.2, 0.25) is 5.91 Å². The molecule has 2 aromatic carbocycles. The molecule has 2 aromatic rings. The molecular weight excluding hydrogens is 355 g/mol. The summed E-state index contributed by atoms with van der Waals surface area (Å²) in [5.74, 6) is 0.634. The topological polar surface area (TPSA) is 47.6 Å². The number of rotatable bonds is 6. The van der Waals surface area contributed by atoms with Crippen molar-refractivity contribution in [3.8, 4) is 11.5 Å². The Morgan fingerprint density at radius 3 is 2.44 bits per heavy atom. The highest BCUT2D eigenvalue weighted by molar-refractivity contribution is 8.00. The van der Waals surface area contributed by atoms with E-state index in [4.69, 9.17) is 9.47 Å². The lowest BCUT2D eigenvalue weighted by Gasteiger charge is -2.11. The Balaban J connectivity index is 1.97. The number of methoxy groups -OCH3 is 2. The van der Waals surface area contributed by atoms with Crippen LogP contribution in [0.4, 0.5) is 18.9 Å². The van der Waals surface area contributed by atoms with E-state index >= 15 is 0 Å². The molecule has 0 unspecified atom stereocenters. The molecule has 8 heteroatoms. The lowest BCUT2D eigenvalue weighted by atomic mass is 10.2. The van der Waals surface area contributed by atoms with Gasteiger partial charge in [0.25, 0.3) is 0 Å². The molecule has 0 atom stereocenters. The number of ether oxygens (including phenoxy) is 2. The highest BCUT2D eigenvalue weighted by atomic mass is 32.2. The van der Waals surface area contributed by atoms with E-state index in [-0.39, 0.29) is 11.7 Å². The molecule has 134 valence electrons. The summed E-state index contributed by atoms with van der Waals surface area (Å²) in [6.45, 7) is 0. The molecule has 25 heavy (non-hydrogen) atoms. The maximum Gasteiger partial charge on any atom is 0.416 e. The summed E-state index contributed by atoms with van der Waals surface area (Å²) in [4.78, 5) is 12.4. The molecule has 0 aliphatic heterocycles. The summed E-state index contributed by atoms with van der Waals surface area (Å²) in [6, 6.07) is 9.76. The van der Waals surface area contributed by atoms with Crippen LogP contribution in [0.15, 0.2) is 47.4 Å². The van der Waals surface area contributed by atoms with Gasteiger partial charge in [-0.2, -0.15) is 13.2 Å². The maximum absolute atomic E-state index is 12.7. The Morgan fingerprint density at radius 2 is 1.80 bits per heavy atom. The number of alkyl halides is 3. The van der Waals surface area contributed by atoms with Crippen molar-refractivity contribution in [3.05, 3.63) is 48.0 Å². The molecule has 0 fully saturated rings. The highest BCUT2D eigenvalue weighted by Gasteiger charge is 2.30. The predicted octanol–water partition coefficient (Wildman–Crippen LogP) is 4.45. The van der Waals surface area contributed by atoms with Crippen molar-refractivity contribution >= 4 is 23.4 Å². The number of benzene rings is 2. The van der Waals surface area contributed by atoms with Crippen molar-refractivity contribution in [3.63, 3.8) is 0 Å². The van der Waals surface area contributed by atoms with Crippen LogP contribution in [0.5, 0.6) is 11.5 Å². The zero-order valence-electron chi connectivity index (χ0n) is 13.5. The van der Waals surface area contributed by atoms with Gasteiger partial charge in [0.1, 0.15) is 0 Å². The summed E-state index contributed by atoms with van der Waals surface area (Å²) >= 11 is 1.03. The minimum Gasteiger partial charge on any atom is -0.493 e. The van der Waals surface area contributed by atoms with Crippen LogP contribution in [0.1, 0.15) is 5.56 Å². The number of carbonyl (C=O) groups is 1. The number of hydrogen-bond acceptors (Lipinski definition) is 4. The Bertz CT molecular complexity index is 750. The fraction of sp³-hybridized carbons (Fsp3) is 0.235. The van der Waals surface area contributed by atoms with E-state index in [1.165, 1.54) is 26.4 Å². The summed E-state index contributed by atoms with van der Waals surface area (Å²) < 4.78 is 48.3. The van der Waals surface area contributed by atoms with Crippen molar-refractivity contribution < 1.29 is 27.4 Å². The second-order valence-corrected chi connectivity index (χ2v) is 5.98. The largest absolute Gasteiger partial charge is 0.493 e. The van der Waals surface area contributed by atoms with E-state index in [9.17, 15) is 18.0 Å². The molecule has 0 saturated carbocycles. The molecule has 2 rings (SSSR count). The zero-order valence-corrected chi connectivity index (χ0v) is 14.3. The number of amides is 1. The number of thioether (sulfide) groups is 1. The van der Waals surface area contributed by atoms with Gasteiger partial charge in [0, 0.05) is 16.6 Å². The maximum atomic E-state index is 12.7. The van der Waals surface area contributed by atoms with E-state index in [1.807, 2.05) is 0 Å². The number of halogens is 3. The average molecular weight is 371 g/mol. The first-order valence-electron chi connectivity index (χ1n) is 7.15. The fourth-order valence-electron chi connectivity index (χ4n) is 2.02. The van der Waals surface area contributed by atoms with Crippen LogP contribution in [0, 0.1) is 0 Å². The van der Waals surface area contributed by atoms with Crippen LogP contribution in [0.25, 0.3) is 0 Å². The minimum atomic E-state index is -4.40. The SMILES string of the molecule is COc1ccc(NC(=O)CSc2cccc(C(F)(F)F)c2)cc1OC. The standard InChI is InChI=1S/C17H16F3NO3S/c1-23-14-7-6-12(9-15(14)24-2)21-16(22)10-25-13-5-3-4-11(8-13)17(18,19)20/h3-9H,10H2,1-2H3,(H,21,22). The lowest BCUT2D eigenvalue weighted by Crippen LogP contribution is -2.14. The summed E-state index contributed by atoms with van der Waals surface area (Å²) in [5.41, 5.74) is -0.231. The molecule has 0 heterocycles. The van der Waals surface area contributed by atoms with Crippen molar-refractivity contribution in [2.45, 2.75) is 11.1 Å². The van der Waals surface area contributed by atoms with Crippen molar-refractivity contribution in [1.82, 2.24) is 0 Å². The Hall–Kier alpha value is -2.35. The second kappa shape index (κ2) is 8.15. The van der Waals surface area contributed by atoms with Gasteiger partial charge in [0.05, 0.1) is 25.5 Å². The average Bonchev–Trinajstić information content (AvgIpc) is 2.59. The Morgan fingerprint density at radius 1 is 1.08 bits per heavy atom. The molecular formula is C17H16F3NO3S. The smallest absolute Gasteiger partial charge is 0.416 e. The molecule has 4 nitrogen and oxygen atoms in total. The van der Waals surface area contributed by atoms with Crippen LogP contribution < -0.4 is 14.8 Å². The minimum absolute atomic E-state index is 0.0182. The van der Waals surface area contributed by atoms with Gasteiger partial charge in [-0.1, -0.05) is 6.07 Å². The van der Waals surface area contributed by atoms with Gasteiger partial charge in [-0.3, -0.25) is 4.79 Å². The summed E-state index contributed by atoms with van der Waals surface area (Å²) in [5, 5.41) is 2.67. The van der Waals surface area contributed by atoms with E-state index < -0.39 is 11.7 Å². The van der Waals surface area contributed by atoms with Gasteiger partial charge in [-0.15, -0.1) is 11.8 Å². The van der Waals surface area contributed by atoms with Gasteiger partial charge in [-0.25, -0.2) is 0 Å². The van der Waals surface area contributed by atoms with E-state index in [0.717, 1.165) is 23.9 Å². The molecule has 1 amide bonds. The summed E-state index contributed by atoms with van der Waals surface area (Å²) in [6.07, 6.45) is -4.40. The molecule has 0 aromatic heterocycles. The van der Waals surface area contributed by atoms with Crippen LogP contribution in [-0.4, -0.2) is 25.9 Å².